The maximum absolute atomic E-state index is 11.3. The number of fused-ring (bicyclic) bond motifs is 1. The van der Waals surface area contributed by atoms with E-state index in [0.29, 0.717) is 12.2 Å². The summed E-state index contributed by atoms with van der Waals surface area (Å²) >= 11 is 3.38. The summed E-state index contributed by atoms with van der Waals surface area (Å²) in [5.41, 5.74) is 9.31. The number of nitrogens with two attached hydrogens (primary N) is 1. The van der Waals surface area contributed by atoms with Gasteiger partial charge in [0.1, 0.15) is 0 Å². The van der Waals surface area contributed by atoms with E-state index in [-0.39, 0.29) is 5.91 Å². The molecule has 17 heavy (non-hydrogen) atoms. The van der Waals surface area contributed by atoms with Crippen LogP contribution in [0.3, 0.4) is 0 Å². The average Bonchev–Trinajstić information content (AvgIpc) is 2.81. The lowest BCUT2D eigenvalue weighted by Crippen LogP contribution is -2.03. The Kier molecular flexibility index (Phi) is 2.19. The molecule has 0 spiro atoms. The molecule has 6 heteroatoms. The number of carbonyl (C=O) groups excluding carboxylic acids is 1. The van der Waals surface area contributed by atoms with E-state index >= 15 is 0 Å². The SMILES string of the molecule is Nc1n[nH]c(-c2ccc3c(c2)CC(=O)N3)c1Br. The maximum atomic E-state index is 11.3. The molecule has 0 saturated carbocycles. The van der Waals surface area contributed by atoms with E-state index in [1.54, 1.807) is 0 Å². The minimum absolute atomic E-state index is 0.0281. The fraction of sp³-hybridized carbons (Fsp3) is 0.0909. The highest BCUT2D eigenvalue weighted by Gasteiger charge is 2.19. The van der Waals surface area contributed by atoms with Crippen LogP contribution in [-0.4, -0.2) is 16.1 Å². The predicted molar refractivity (Wildman–Crippen MR) is 68.5 cm³/mol. The maximum Gasteiger partial charge on any atom is 0.228 e. The van der Waals surface area contributed by atoms with Crippen LogP contribution >= 0.6 is 15.9 Å². The van der Waals surface area contributed by atoms with Crippen molar-refractivity contribution < 1.29 is 4.79 Å². The van der Waals surface area contributed by atoms with Crippen LogP contribution in [0.5, 0.6) is 0 Å². The van der Waals surface area contributed by atoms with Crippen LogP contribution in [0.1, 0.15) is 5.56 Å². The number of benzene rings is 1. The molecule has 0 atom stereocenters. The first-order valence-corrected chi connectivity index (χ1v) is 5.87. The van der Waals surface area contributed by atoms with Gasteiger partial charge in [-0.2, -0.15) is 5.10 Å². The number of halogens is 1. The third-order valence-electron chi connectivity index (χ3n) is 2.75. The molecule has 1 aliphatic rings. The molecule has 3 rings (SSSR count). The van der Waals surface area contributed by atoms with Crippen molar-refractivity contribution in [3.8, 4) is 11.3 Å². The van der Waals surface area contributed by atoms with Gasteiger partial charge in [-0.15, -0.1) is 0 Å². The van der Waals surface area contributed by atoms with E-state index in [4.69, 9.17) is 5.73 Å². The number of aromatic amines is 1. The molecular formula is C11H9BrN4O. The molecule has 1 aromatic heterocycles. The lowest BCUT2D eigenvalue weighted by Gasteiger charge is -2.02. The highest BCUT2D eigenvalue weighted by atomic mass is 79.9. The third kappa shape index (κ3) is 1.61. The number of carbonyl (C=O) groups is 1. The summed E-state index contributed by atoms with van der Waals surface area (Å²) in [5.74, 6) is 0.454. The van der Waals surface area contributed by atoms with Gasteiger partial charge < -0.3 is 11.1 Å². The van der Waals surface area contributed by atoms with E-state index in [0.717, 1.165) is 27.0 Å². The van der Waals surface area contributed by atoms with Crippen molar-refractivity contribution in [1.29, 1.82) is 0 Å². The van der Waals surface area contributed by atoms with Crippen molar-refractivity contribution in [2.24, 2.45) is 0 Å². The minimum atomic E-state index is 0.0281. The van der Waals surface area contributed by atoms with Gasteiger partial charge in [0.15, 0.2) is 5.82 Å². The zero-order valence-electron chi connectivity index (χ0n) is 8.75. The summed E-state index contributed by atoms with van der Waals surface area (Å²) in [6.07, 6.45) is 0.421. The quantitative estimate of drug-likeness (QED) is 0.751. The molecule has 4 N–H and O–H groups in total. The monoisotopic (exact) mass is 292 g/mol. The number of nitrogens with one attached hydrogen (secondary N) is 2. The smallest absolute Gasteiger partial charge is 0.228 e. The summed E-state index contributed by atoms with van der Waals surface area (Å²) in [6, 6.07) is 5.77. The van der Waals surface area contributed by atoms with Gasteiger partial charge >= 0.3 is 0 Å². The van der Waals surface area contributed by atoms with Crippen LogP contribution in [0.25, 0.3) is 11.3 Å². The van der Waals surface area contributed by atoms with Gasteiger partial charge in [-0.05, 0) is 33.6 Å². The van der Waals surface area contributed by atoms with E-state index in [1.807, 2.05) is 18.2 Å². The number of anilines is 2. The highest BCUT2D eigenvalue weighted by Crippen LogP contribution is 2.33. The van der Waals surface area contributed by atoms with Crippen LogP contribution in [0, 0.1) is 0 Å². The molecule has 86 valence electrons. The van der Waals surface area contributed by atoms with Crippen molar-refractivity contribution in [2.75, 3.05) is 11.1 Å². The van der Waals surface area contributed by atoms with Crippen molar-refractivity contribution in [3.63, 3.8) is 0 Å². The van der Waals surface area contributed by atoms with E-state index in [9.17, 15) is 4.79 Å². The van der Waals surface area contributed by atoms with Crippen LogP contribution in [0.15, 0.2) is 22.7 Å². The second-order valence-corrected chi connectivity index (χ2v) is 4.69. The van der Waals surface area contributed by atoms with Crippen LogP contribution in [-0.2, 0) is 11.2 Å². The highest BCUT2D eigenvalue weighted by molar-refractivity contribution is 9.10. The summed E-state index contributed by atoms with van der Waals surface area (Å²) in [4.78, 5) is 11.3. The molecule has 0 radical (unpaired) electrons. The van der Waals surface area contributed by atoms with Crippen molar-refractivity contribution >= 4 is 33.3 Å². The lowest BCUT2D eigenvalue weighted by atomic mass is 10.1. The predicted octanol–water partition coefficient (Wildman–Crippen LogP) is 1.92. The van der Waals surface area contributed by atoms with Gasteiger partial charge in [0.2, 0.25) is 5.91 Å². The first-order valence-electron chi connectivity index (χ1n) is 5.07. The molecule has 2 aromatic rings. The summed E-state index contributed by atoms with van der Waals surface area (Å²) < 4.78 is 0.745. The third-order valence-corrected chi connectivity index (χ3v) is 3.55. The normalized spacial score (nSPS) is 13.6. The Morgan fingerprint density at radius 2 is 2.24 bits per heavy atom. The van der Waals surface area contributed by atoms with Crippen molar-refractivity contribution in [2.45, 2.75) is 6.42 Å². The number of nitrogen functional groups attached to an aromatic ring is 1. The van der Waals surface area contributed by atoms with Gasteiger partial charge in [0, 0.05) is 11.3 Å². The number of amides is 1. The van der Waals surface area contributed by atoms with Gasteiger partial charge in [0.05, 0.1) is 16.6 Å². The zero-order chi connectivity index (χ0) is 12.0. The fourth-order valence-corrected chi connectivity index (χ4v) is 2.32. The van der Waals surface area contributed by atoms with Crippen LogP contribution in [0.2, 0.25) is 0 Å². The Hall–Kier alpha value is -1.82. The molecular weight excluding hydrogens is 284 g/mol. The number of H-pyrrole nitrogens is 1. The summed E-state index contributed by atoms with van der Waals surface area (Å²) in [6.45, 7) is 0. The first-order chi connectivity index (χ1) is 8.15. The largest absolute Gasteiger partial charge is 0.381 e. The Labute approximate surface area is 106 Å². The molecule has 0 saturated heterocycles. The van der Waals surface area contributed by atoms with Crippen LogP contribution < -0.4 is 11.1 Å². The van der Waals surface area contributed by atoms with Gasteiger partial charge in [-0.1, -0.05) is 6.07 Å². The number of nitrogens with zero attached hydrogens (tertiary/aromatic N) is 1. The Balaban J connectivity index is 2.09. The van der Waals surface area contributed by atoms with E-state index < -0.39 is 0 Å². The van der Waals surface area contributed by atoms with Gasteiger partial charge in [-0.25, -0.2) is 0 Å². The standard InChI is InChI=1S/C11H9BrN4O/c12-9-10(15-16-11(9)13)5-1-2-7-6(3-5)4-8(17)14-7/h1-3H,4H2,(H,14,17)(H3,13,15,16). The molecule has 0 bridgehead atoms. The average molecular weight is 293 g/mol. The molecule has 0 aliphatic carbocycles. The molecule has 1 amide bonds. The van der Waals surface area contributed by atoms with Crippen molar-refractivity contribution in [3.05, 3.63) is 28.2 Å². The fourth-order valence-electron chi connectivity index (χ4n) is 1.92. The number of aromatic nitrogens is 2. The minimum Gasteiger partial charge on any atom is -0.381 e. The Morgan fingerprint density at radius 3 is 2.94 bits per heavy atom. The molecule has 2 heterocycles. The zero-order valence-corrected chi connectivity index (χ0v) is 10.3. The number of hydrogen-bond donors (Lipinski definition) is 3. The van der Waals surface area contributed by atoms with E-state index in [1.165, 1.54) is 0 Å². The summed E-state index contributed by atoms with van der Waals surface area (Å²) in [7, 11) is 0. The molecule has 0 unspecified atom stereocenters. The Bertz CT molecular complexity index is 620. The molecule has 0 fully saturated rings. The second kappa shape index (κ2) is 3.59. The Morgan fingerprint density at radius 1 is 1.41 bits per heavy atom. The van der Waals surface area contributed by atoms with Gasteiger partial charge in [0.25, 0.3) is 0 Å². The lowest BCUT2D eigenvalue weighted by molar-refractivity contribution is -0.115. The first kappa shape index (κ1) is 10.3. The molecule has 1 aliphatic heterocycles. The van der Waals surface area contributed by atoms with Gasteiger partial charge in [-0.3, -0.25) is 9.89 Å². The topological polar surface area (TPSA) is 83.8 Å². The summed E-state index contributed by atoms with van der Waals surface area (Å²) in [5, 5.41) is 9.58. The number of rotatable bonds is 1. The molecule has 5 nitrogen and oxygen atoms in total. The second-order valence-electron chi connectivity index (χ2n) is 3.89. The van der Waals surface area contributed by atoms with Crippen molar-refractivity contribution in [1.82, 2.24) is 10.2 Å². The molecule has 1 aromatic carbocycles. The van der Waals surface area contributed by atoms with Crippen LogP contribution in [0.4, 0.5) is 11.5 Å². The number of hydrogen-bond acceptors (Lipinski definition) is 3. The van der Waals surface area contributed by atoms with E-state index in [2.05, 4.69) is 31.4 Å².